The Hall–Kier alpha value is -3.33. The van der Waals surface area contributed by atoms with Gasteiger partial charge in [0.1, 0.15) is 17.1 Å². The maximum absolute atomic E-state index is 12.3. The molecule has 4 rings (SSSR count). The molecule has 0 unspecified atom stereocenters. The molecule has 0 N–H and O–H groups in total. The van der Waals surface area contributed by atoms with Crippen molar-refractivity contribution in [1.29, 1.82) is 0 Å². The molecule has 0 saturated heterocycles. The third-order valence-corrected chi connectivity index (χ3v) is 4.25. The van der Waals surface area contributed by atoms with E-state index in [4.69, 9.17) is 9.15 Å². The maximum atomic E-state index is 12.3. The fraction of sp³-hybridized carbons (Fsp3) is 0.0870. The molecule has 4 aromatic rings. The first-order valence-corrected chi connectivity index (χ1v) is 8.53. The lowest BCUT2D eigenvalue weighted by molar-refractivity contribution is 0.0737. The lowest BCUT2D eigenvalue weighted by atomic mass is 10.1. The van der Waals surface area contributed by atoms with Crippen molar-refractivity contribution < 1.29 is 13.9 Å². The van der Waals surface area contributed by atoms with Crippen molar-refractivity contribution in [2.75, 3.05) is 0 Å². The molecule has 3 nitrogen and oxygen atoms in total. The summed E-state index contributed by atoms with van der Waals surface area (Å²) in [5.74, 6) is 0.976. The zero-order chi connectivity index (χ0) is 17.9. The molecule has 0 spiro atoms. The first kappa shape index (κ1) is 16.2. The highest BCUT2D eigenvalue weighted by Crippen LogP contribution is 2.30. The number of ether oxygens (including phenoxy) is 1. The van der Waals surface area contributed by atoms with Gasteiger partial charge in [-0.3, -0.25) is 0 Å². The molecular formula is C23H18O3. The van der Waals surface area contributed by atoms with E-state index in [1.165, 1.54) is 11.1 Å². The first-order valence-electron chi connectivity index (χ1n) is 8.53. The van der Waals surface area contributed by atoms with Crippen LogP contribution in [0.1, 0.15) is 27.2 Å². The van der Waals surface area contributed by atoms with Gasteiger partial charge in [0.2, 0.25) is 0 Å². The van der Waals surface area contributed by atoms with Crippen molar-refractivity contribution >= 4 is 16.9 Å². The molecule has 26 heavy (non-hydrogen) atoms. The summed E-state index contributed by atoms with van der Waals surface area (Å²) in [6.07, 6.45) is 0.697. The maximum Gasteiger partial charge on any atom is 0.343 e. The highest BCUT2D eigenvalue weighted by Gasteiger charge is 2.13. The number of fused-ring (bicyclic) bond motifs is 1. The Balaban J connectivity index is 1.62. The molecule has 3 aromatic carbocycles. The summed E-state index contributed by atoms with van der Waals surface area (Å²) < 4.78 is 11.5. The molecule has 3 heteroatoms. The monoisotopic (exact) mass is 342 g/mol. The molecule has 0 saturated carbocycles. The van der Waals surface area contributed by atoms with Crippen molar-refractivity contribution in [1.82, 2.24) is 0 Å². The molecule has 1 aromatic heterocycles. The predicted molar refractivity (Wildman–Crippen MR) is 102 cm³/mol. The largest absolute Gasteiger partial charge is 0.461 e. The average Bonchev–Trinajstić information content (AvgIpc) is 3.06. The van der Waals surface area contributed by atoms with Crippen LogP contribution < -0.4 is 4.74 Å². The van der Waals surface area contributed by atoms with Gasteiger partial charge in [-0.25, -0.2) is 4.79 Å². The lowest BCUT2D eigenvalue weighted by Crippen LogP contribution is -2.08. The average molecular weight is 342 g/mol. The van der Waals surface area contributed by atoms with Crippen LogP contribution in [0.5, 0.6) is 5.75 Å². The van der Waals surface area contributed by atoms with E-state index in [0.717, 1.165) is 11.1 Å². The molecule has 0 bridgehead atoms. The minimum Gasteiger partial charge on any atom is -0.461 e. The van der Waals surface area contributed by atoms with E-state index in [0.29, 0.717) is 23.3 Å². The van der Waals surface area contributed by atoms with Crippen molar-refractivity contribution in [3.05, 3.63) is 101 Å². The van der Waals surface area contributed by atoms with Crippen LogP contribution in [0.25, 0.3) is 11.0 Å². The lowest BCUT2D eigenvalue weighted by Gasteiger charge is -2.04. The Labute approximate surface area is 151 Å². The second-order valence-electron chi connectivity index (χ2n) is 6.30. The van der Waals surface area contributed by atoms with E-state index >= 15 is 0 Å². The number of carbonyl (C=O) groups excluding carboxylic acids is 1. The van der Waals surface area contributed by atoms with Crippen molar-refractivity contribution in [3.8, 4) is 5.75 Å². The number of esters is 1. The van der Waals surface area contributed by atoms with Crippen LogP contribution in [-0.2, 0) is 6.42 Å². The zero-order valence-corrected chi connectivity index (χ0v) is 14.4. The molecule has 0 atom stereocenters. The number of carbonyl (C=O) groups is 1. The smallest absolute Gasteiger partial charge is 0.343 e. The quantitative estimate of drug-likeness (QED) is 0.360. The molecule has 0 aliphatic heterocycles. The molecule has 0 aliphatic rings. The molecule has 128 valence electrons. The van der Waals surface area contributed by atoms with Gasteiger partial charge in [0.25, 0.3) is 0 Å². The molecule has 0 aliphatic carbocycles. The van der Waals surface area contributed by atoms with E-state index in [9.17, 15) is 4.79 Å². The summed E-state index contributed by atoms with van der Waals surface area (Å²) in [6.45, 7) is 2.07. The standard InChI is InChI=1S/C23H18O3/c1-16-7-5-8-17(13-16)14-19-15-20-21(25-19)11-6-12-22(20)26-23(24)18-9-3-2-4-10-18/h2-13,15H,14H2,1H3. The fourth-order valence-electron chi connectivity index (χ4n) is 3.02. The summed E-state index contributed by atoms with van der Waals surface area (Å²) in [6, 6.07) is 24.8. The van der Waals surface area contributed by atoms with Gasteiger partial charge in [0, 0.05) is 6.42 Å². The second kappa shape index (κ2) is 6.89. The van der Waals surface area contributed by atoms with Crippen molar-refractivity contribution in [2.24, 2.45) is 0 Å². The highest BCUT2D eigenvalue weighted by atomic mass is 16.5. The van der Waals surface area contributed by atoms with Gasteiger partial charge in [-0.05, 0) is 42.8 Å². The molecule has 0 amide bonds. The Morgan fingerprint density at radius 2 is 1.73 bits per heavy atom. The van der Waals surface area contributed by atoms with Gasteiger partial charge < -0.3 is 9.15 Å². The van der Waals surface area contributed by atoms with E-state index in [-0.39, 0.29) is 5.97 Å². The van der Waals surface area contributed by atoms with E-state index < -0.39 is 0 Å². The SMILES string of the molecule is Cc1cccc(Cc2cc3c(OC(=O)c4ccccc4)cccc3o2)c1. The Morgan fingerprint density at radius 1 is 0.923 bits per heavy atom. The topological polar surface area (TPSA) is 39.4 Å². The van der Waals surface area contributed by atoms with Crippen LogP contribution in [0, 0.1) is 6.92 Å². The molecule has 0 fully saturated rings. The zero-order valence-electron chi connectivity index (χ0n) is 14.4. The van der Waals surface area contributed by atoms with Crippen LogP contribution >= 0.6 is 0 Å². The summed E-state index contributed by atoms with van der Waals surface area (Å²) in [4.78, 5) is 12.3. The van der Waals surface area contributed by atoms with Gasteiger partial charge in [0.15, 0.2) is 0 Å². The van der Waals surface area contributed by atoms with Crippen LogP contribution in [0.4, 0.5) is 0 Å². The third kappa shape index (κ3) is 3.38. The summed E-state index contributed by atoms with van der Waals surface area (Å²) >= 11 is 0. The van der Waals surface area contributed by atoms with Gasteiger partial charge in [0.05, 0.1) is 10.9 Å². The normalized spacial score (nSPS) is 10.8. The van der Waals surface area contributed by atoms with Gasteiger partial charge in [-0.1, -0.05) is 54.1 Å². The minimum absolute atomic E-state index is 0.375. The van der Waals surface area contributed by atoms with Gasteiger partial charge in [-0.15, -0.1) is 0 Å². The van der Waals surface area contributed by atoms with Gasteiger partial charge in [-0.2, -0.15) is 0 Å². The third-order valence-electron chi connectivity index (χ3n) is 4.25. The van der Waals surface area contributed by atoms with E-state index in [2.05, 4.69) is 25.1 Å². The molecule has 1 heterocycles. The Bertz CT molecular complexity index is 1060. The second-order valence-corrected chi connectivity index (χ2v) is 6.30. The number of hydrogen-bond donors (Lipinski definition) is 0. The van der Waals surface area contributed by atoms with Crippen LogP contribution in [-0.4, -0.2) is 5.97 Å². The number of aryl methyl sites for hydroxylation is 1. The van der Waals surface area contributed by atoms with E-state index in [1.807, 2.05) is 42.5 Å². The highest BCUT2D eigenvalue weighted by molar-refractivity contribution is 5.94. The van der Waals surface area contributed by atoms with Gasteiger partial charge >= 0.3 is 5.97 Å². The van der Waals surface area contributed by atoms with Crippen molar-refractivity contribution in [3.63, 3.8) is 0 Å². The number of rotatable bonds is 4. The number of benzene rings is 3. The van der Waals surface area contributed by atoms with Crippen LogP contribution in [0.15, 0.2) is 83.3 Å². The Morgan fingerprint density at radius 3 is 2.54 bits per heavy atom. The number of furan rings is 1. The summed E-state index contributed by atoms with van der Waals surface area (Å²) in [7, 11) is 0. The minimum atomic E-state index is -0.375. The summed E-state index contributed by atoms with van der Waals surface area (Å²) in [5.41, 5.74) is 3.64. The van der Waals surface area contributed by atoms with Crippen LogP contribution in [0.3, 0.4) is 0 Å². The summed E-state index contributed by atoms with van der Waals surface area (Å²) in [5, 5.41) is 0.805. The Kier molecular flexibility index (Phi) is 4.28. The fourth-order valence-corrected chi connectivity index (χ4v) is 3.02. The first-order chi connectivity index (χ1) is 12.7. The van der Waals surface area contributed by atoms with E-state index in [1.54, 1.807) is 18.2 Å². The molecular weight excluding hydrogens is 324 g/mol. The predicted octanol–water partition coefficient (Wildman–Crippen LogP) is 5.55. The number of hydrogen-bond acceptors (Lipinski definition) is 3. The molecule has 0 radical (unpaired) electrons. The van der Waals surface area contributed by atoms with Crippen molar-refractivity contribution in [2.45, 2.75) is 13.3 Å². The van der Waals surface area contributed by atoms with Crippen LogP contribution in [0.2, 0.25) is 0 Å².